The third-order valence-electron chi connectivity index (χ3n) is 2.95. The highest BCUT2D eigenvalue weighted by atomic mass is 16.5. The van der Waals surface area contributed by atoms with Crippen molar-refractivity contribution in [2.45, 2.75) is 13.3 Å². The Hall–Kier alpha value is -1.79. The van der Waals surface area contributed by atoms with Crippen molar-refractivity contribution in [3.05, 3.63) is 18.2 Å². The number of benzene rings is 1. The van der Waals surface area contributed by atoms with Crippen LogP contribution in [0.3, 0.4) is 0 Å². The number of ether oxygens (including phenoxy) is 1. The fourth-order valence-corrected chi connectivity index (χ4v) is 1.85. The number of amides is 1. The van der Waals surface area contributed by atoms with Crippen molar-refractivity contribution in [3.8, 4) is 5.75 Å². The number of hydrogen-bond acceptors (Lipinski definition) is 5. The number of anilines is 2. The van der Waals surface area contributed by atoms with Gasteiger partial charge in [0, 0.05) is 24.9 Å². The zero-order chi connectivity index (χ0) is 15.0. The van der Waals surface area contributed by atoms with E-state index in [2.05, 4.69) is 5.32 Å². The standard InChI is InChI=1S/C14H23N3O3/c1-3-17(7-4-8-18)10-14(19)16-12-6-5-11(15)9-13(12)20-2/h5-6,9,18H,3-4,7-8,10,15H2,1-2H3,(H,16,19). The lowest BCUT2D eigenvalue weighted by Crippen LogP contribution is -2.34. The molecule has 0 atom stereocenters. The van der Waals surface area contributed by atoms with Gasteiger partial charge in [-0.15, -0.1) is 0 Å². The monoisotopic (exact) mass is 281 g/mol. The summed E-state index contributed by atoms with van der Waals surface area (Å²) in [6, 6.07) is 5.09. The summed E-state index contributed by atoms with van der Waals surface area (Å²) in [7, 11) is 1.53. The van der Waals surface area contributed by atoms with E-state index >= 15 is 0 Å². The van der Waals surface area contributed by atoms with Crippen molar-refractivity contribution in [1.29, 1.82) is 0 Å². The molecule has 112 valence electrons. The zero-order valence-electron chi connectivity index (χ0n) is 12.1. The Morgan fingerprint density at radius 1 is 1.50 bits per heavy atom. The van der Waals surface area contributed by atoms with Gasteiger partial charge in [0.1, 0.15) is 5.75 Å². The second kappa shape index (κ2) is 8.39. The van der Waals surface area contributed by atoms with Crippen molar-refractivity contribution in [1.82, 2.24) is 4.90 Å². The van der Waals surface area contributed by atoms with Gasteiger partial charge in [0.25, 0.3) is 0 Å². The summed E-state index contributed by atoms with van der Waals surface area (Å²) in [4.78, 5) is 14.0. The van der Waals surface area contributed by atoms with E-state index in [9.17, 15) is 4.79 Å². The van der Waals surface area contributed by atoms with Crippen LogP contribution in [0.1, 0.15) is 13.3 Å². The average Bonchev–Trinajstić information content (AvgIpc) is 2.45. The predicted molar refractivity (Wildman–Crippen MR) is 79.9 cm³/mol. The summed E-state index contributed by atoms with van der Waals surface area (Å²) in [5.41, 5.74) is 6.85. The highest BCUT2D eigenvalue weighted by Crippen LogP contribution is 2.26. The van der Waals surface area contributed by atoms with Crippen LogP contribution in [0.25, 0.3) is 0 Å². The number of carbonyl (C=O) groups is 1. The molecule has 0 aliphatic carbocycles. The van der Waals surface area contributed by atoms with Crippen LogP contribution in [-0.2, 0) is 4.79 Å². The van der Waals surface area contributed by atoms with E-state index < -0.39 is 0 Å². The van der Waals surface area contributed by atoms with Gasteiger partial charge >= 0.3 is 0 Å². The molecule has 20 heavy (non-hydrogen) atoms. The van der Waals surface area contributed by atoms with E-state index in [1.165, 1.54) is 7.11 Å². The van der Waals surface area contributed by atoms with Crippen LogP contribution in [0.2, 0.25) is 0 Å². The van der Waals surface area contributed by atoms with E-state index in [0.717, 1.165) is 6.54 Å². The van der Waals surface area contributed by atoms with Gasteiger partial charge in [-0.25, -0.2) is 0 Å². The van der Waals surface area contributed by atoms with Crippen molar-refractivity contribution in [2.24, 2.45) is 0 Å². The van der Waals surface area contributed by atoms with Gasteiger partial charge in [-0.3, -0.25) is 9.69 Å². The number of aliphatic hydroxyl groups excluding tert-OH is 1. The molecule has 1 aromatic carbocycles. The van der Waals surface area contributed by atoms with Crippen molar-refractivity contribution >= 4 is 17.3 Å². The van der Waals surface area contributed by atoms with Gasteiger partial charge < -0.3 is 20.9 Å². The van der Waals surface area contributed by atoms with E-state index in [1.807, 2.05) is 11.8 Å². The summed E-state index contributed by atoms with van der Waals surface area (Å²) in [6.45, 7) is 3.84. The number of hydrogen-bond donors (Lipinski definition) is 3. The first kappa shape index (κ1) is 16.3. The largest absolute Gasteiger partial charge is 0.494 e. The molecule has 1 rings (SSSR count). The summed E-state index contributed by atoms with van der Waals surface area (Å²) in [6.07, 6.45) is 0.659. The van der Waals surface area contributed by atoms with Crippen LogP contribution >= 0.6 is 0 Å². The predicted octanol–water partition coefficient (Wildman–Crippen LogP) is 0.920. The SMILES string of the molecule is CCN(CCCO)CC(=O)Nc1ccc(N)cc1OC. The van der Waals surface area contributed by atoms with Crippen LogP contribution in [0.5, 0.6) is 5.75 Å². The summed E-state index contributed by atoms with van der Waals surface area (Å²) >= 11 is 0. The molecule has 0 saturated heterocycles. The second-order valence-electron chi connectivity index (χ2n) is 4.45. The Morgan fingerprint density at radius 2 is 2.25 bits per heavy atom. The lowest BCUT2D eigenvalue weighted by atomic mass is 10.2. The number of nitrogen functional groups attached to an aromatic ring is 1. The zero-order valence-corrected chi connectivity index (χ0v) is 12.1. The molecule has 0 aromatic heterocycles. The first-order valence-electron chi connectivity index (χ1n) is 6.67. The fourth-order valence-electron chi connectivity index (χ4n) is 1.85. The highest BCUT2D eigenvalue weighted by Gasteiger charge is 2.11. The minimum absolute atomic E-state index is 0.118. The maximum absolute atomic E-state index is 12.0. The Kier molecular flexibility index (Phi) is 6.83. The molecule has 0 unspecified atom stereocenters. The maximum atomic E-state index is 12.0. The number of nitrogens with zero attached hydrogens (tertiary/aromatic N) is 1. The minimum Gasteiger partial charge on any atom is -0.494 e. The van der Waals surface area contributed by atoms with Crippen LogP contribution in [0.15, 0.2) is 18.2 Å². The molecule has 0 aliphatic rings. The normalized spacial score (nSPS) is 10.6. The molecule has 0 aliphatic heterocycles. The van der Waals surface area contributed by atoms with Crippen molar-refractivity contribution < 1.29 is 14.6 Å². The summed E-state index contributed by atoms with van der Waals surface area (Å²) < 4.78 is 5.18. The summed E-state index contributed by atoms with van der Waals surface area (Å²) in [5, 5.41) is 11.6. The summed E-state index contributed by atoms with van der Waals surface area (Å²) in [5.74, 6) is 0.421. The third kappa shape index (κ3) is 5.07. The number of nitrogens with two attached hydrogens (primary N) is 1. The topological polar surface area (TPSA) is 87.8 Å². The van der Waals surface area contributed by atoms with Crippen LogP contribution in [0, 0.1) is 0 Å². The van der Waals surface area contributed by atoms with E-state index in [0.29, 0.717) is 30.1 Å². The second-order valence-corrected chi connectivity index (χ2v) is 4.45. The molecular formula is C14H23N3O3. The van der Waals surface area contributed by atoms with Crippen molar-refractivity contribution in [2.75, 3.05) is 44.4 Å². The number of likely N-dealkylation sites (N-methyl/N-ethyl adjacent to an activating group) is 1. The molecule has 6 nitrogen and oxygen atoms in total. The van der Waals surface area contributed by atoms with Gasteiger partial charge in [0.15, 0.2) is 0 Å². The number of aliphatic hydroxyl groups is 1. The molecule has 4 N–H and O–H groups in total. The first-order valence-corrected chi connectivity index (χ1v) is 6.67. The third-order valence-corrected chi connectivity index (χ3v) is 2.95. The fraction of sp³-hybridized carbons (Fsp3) is 0.500. The van der Waals surface area contributed by atoms with E-state index in [1.54, 1.807) is 18.2 Å². The lowest BCUT2D eigenvalue weighted by molar-refractivity contribution is -0.117. The Balaban J connectivity index is 2.61. The van der Waals surface area contributed by atoms with Gasteiger partial charge in [0.2, 0.25) is 5.91 Å². The first-order chi connectivity index (χ1) is 9.60. The van der Waals surface area contributed by atoms with Crippen LogP contribution < -0.4 is 15.8 Å². The molecule has 0 bridgehead atoms. The van der Waals surface area contributed by atoms with Gasteiger partial charge in [-0.2, -0.15) is 0 Å². The quantitative estimate of drug-likeness (QED) is 0.617. The number of methoxy groups -OCH3 is 1. The lowest BCUT2D eigenvalue weighted by Gasteiger charge is -2.19. The molecule has 0 saturated carbocycles. The maximum Gasteiger partial charge on any atom is 0.238 e. The number of nitrogens with one attached hydrogen (secondary N) is 1. The van der Waals surface area contributed by atoms with Gasteiger partial charge in [0.05, 0.1) is 19.3 Å². The minimum atomic E-state index is -0.118. The van der Waals surface area contributed by atoms with E-state index in [-0.39, 0.29) is 19.1 Å². The van der Waals surface area contributed by atoms with Gasteiger partial charge in [-0.05, 0) is 25.1 Å². The van der Waals surface area contributed by atoms with Crippen LogP contribution in [-0.4, -0.2) is 49.3 Å². The van der Waals surface area contributed by atoms with Crippen molar-refractivity contribution in [3.63, 3.8) is 0 Å². The molecule has 0 fully saturated rings. The Morgan fingerprint density at radius 3 is 2.85 bits per heavy atom. The highest BCUT2D eigenvalue weighted by molar-refractivity contribution is 5.94. The Labute approximate surface area is 119 Å². The molecule has 0 spiro atoms. The number of carbonyl (C=O) groups excluding carboxylic acids is 1. The molecule has 6 heteroatoms. The van der Waals surface area contributed by atoms with E-state index in [4.69, 9.17) is 15.6 Å². The molecule has 1 amide bonds. The smallest absolute Gasteiger partial charge is 0.238 e. The van der Waals surface area contributed by atoms with Gasteiger partial charge in [-0.1, -0.05) is 6.92 Å². The van der Waals surface area contributed by atoms with Crippen LogP contribution in [0.4, 0.5) is 11.4 Å². The molecule has 1 aromatic rings. The number of rotatable bonds is 8. The molecular weight excluding hydrogens is 258 g/mol. The average molecular weight is 281 g/mol. The Bertz CT molecular complexity index is 438. The molecule has 0 heterocycles. The molecule has 0 radical (unpaired) electrons.